The van der Waals surface area contributed by atoms with Crippen LogP contribution in [0.25, 0.3) is 5.57 Å². The maximum absolute atomic E-state index is 11.0. The van der Waals surface area contributed by atoms with Crippen molar-refractivity contribution in [1.82, 2.24) is 0 Å². The van der Waals surface area contributed by atoms with E-state index in [4.69, 9.17) is 5.11 Å². The Balaban J connectivity index is 2.54. The summed E-state index contributed by atoms with van der Waals surface area (Å²) < 4.78 is 0. The van der Waals surface area contributed by atoms with Gasteiger partial charge in [0.05, 0.1) is 0 Å². The number of halogens is 1. The molecule has 0 saturated heterocycles. The zero-order chi connectivity index (χ0) is 10.1. The van der Waals surface area contributed by atoms with E-state index in [2.05, 4.69) is 15.9 Å². The molecule has 0 aliphatic heterocycles. The fraction of sp³-hybridized carbons (Fsp3) is 0.182. The van der Waals surface area contributed by atoms with Crippen LogP contribution in [-0.2, 0) is 11.2 Å². The molecule has 1 aromatic carbocycles. The minimum Gasteiger partial charge on any atom is -0.478 e. The van der Waals surface area contributed by atoms with Crippen LogP contribution in [0.2, 0.25) is 0 Å². The lowest BCUT2D eigenvalue weighted by atomic mass is 10.1. The van der Waals surface area contributed by atoms with Crippen LogP contribution in [0, 0.1) is 0 Å². The molecule has 2 rings (SSSR count). The quantitative estimate of drug-likeness (QED) is 0.822. The predicted octanol–water partition coefficient (Wildman–Crippen LogP) is 2.48. The molecule has 1 N–H and O–H groups in total. The molecule has 3 heteroatoms. The van der Waals surface area contributed by atoms with Crippen molar-refractivity contribution in [2.45, 2.75) is 6.42 Å². The average molecular weight is 253 g/mol. The minimum atomic E-state index is -0.810. The van der Waals surface area contributed by atoms with E-state index in [0.717, 1.165) is 16.7 Å². The van der Waals surface area contributed by atoms with Gasteiger partial charge < -0.3 is 5.11 Å². The Morgan fingerprint density at radius 1 is 1.43 bits per heavy atom. The van der Waals surface area contributed by atoms with Gasteiger partial charge in [-0.25, -0.2) is 4.79 Å². The monoisotopic (exact) mass is 252 g/mol. The van der Waals surface area contributed by atoms with Crippen LogP contribution in [0.1, 0.15) is 11.1 Å². The van der Waals surface area contributed by atoms with Crippen molar-refractivity contribution in [2.75, 3.05) is 5.33 Å². The van der Waals surface area contributed by atoms with Crippen molar-refractivity contribution in [3.05, 3.63) is 41.0 Å². The maximum Gasteiger partial charge on any atom is 0.332 e. The van der Waals surface area contributed by atoms with Gasteiger partial charge >= 0.3 is 5.97 Å². The van der Waals surface area contributed by atoms with Crippen LogP contribution >= 0.6 is 15.9 Å². The van der Waals surface area contributed by atoms with Gasteiger partial charge in [0.1, 0.15) is 0 Å². The summed E-state index contributed by atoms with van der Waals surface area (Å²) in [6.45, 7) is 0. The van der Waals surface area contributed by atoms with E-state index in [1.165, 1.54) is 0 Å². The van der Waals surface area contributed by atoms with Crippen molar-refractivity contribution >= 4 is 27.5 Å². The van der Waals surface area contributed by atoms with E-state index in [0.29, 0.717) is 17.3 Å². The van der Waals surface area contributed by atoms with Gasteiger partial charge in [-0.1, -0.05) is 40.2 Å². The topological polar surface area (TPSA) is 37.3 Å². The Morgan fingerprint density at radius 3 is 2.79 bits per heavy atom. The van der Waals surface area contributed by atoms with Gasteiger partial charge in [-0.05, 0) is 16.7 Å². The number of alkyl halides is 1. The van der Waals surface area contributed by atoms with Crippen molar-refractivity contribution in [3.8, 4) is 0 Å². The van der Waals surface area contributed by atoms with Crippen LogP contribution < -0.4 is 0 Å². The summed E-state index contributed by atoms with van der Waals surface area (Å²) in [5.41, 5.74) is 3.61. The number of hydrogen-bond donors (Lipinski definition) is 1. The molecular formula is C11H9BrO2. The van der Waals surface area contributed by atoms with Gasteiger partial charge in [-0.15, -0.1) is 0 Å². The fourth-order valence-electron chi connectivity index (χ4n) is 1.79. The molecule has 0 unspecified atom stereocenters. The van der Waals surface area contributed by atoms with Gasteiger partial charge in [-0.3, -0.25) is 0 Å². The van der Waals surface area contributed by atoms with Crippen molar-refractivity contribution in [3.63, 3.8) is 0 Å². The lowest BCUT2D eigenvalue weighted by Gasteiger charge is -2.00. The molecule has 0 fully saturated rings. The molecule has 0 saturated carbocycles. The smallest absolute Gasteiger partial charge is 0.332 e. The van der Waals surface area contributed by atoms with E-state index in [9.17, 15) is 4.79 Å². The van der Waals surface area contributed by atoms with Gasteiger partial charge in [0.2, 0.25) is 0 Å². The number of carbonyl (C=O) groups is 1. The van der Waals surface area contributed by atoms with Crippen LogP contribution in [0.4, 0.5) is 0 Å². The summed E-state index contributed by atoms with van der Waals surface area (Å²) in [4.78, 5) is 11.0. The number of hydrogen-bond acceptors (Lipinski definition) is 1. The molecule has 0 aromatic heterocycles. The maximum atomic E-state index is 11.0. The molecule has 1 aromatic rings. The highest BCUT2D eigenvalue weighted by atomic mass is 79.9. The van der Waals surface area contributed by atoms with Crippen molar-refractivity contribution in [2.24, 2.45) is 0 Å². The van der Waals surface area contributed by atoms with E-state index in [1.807, 2.05) is 24.3 Å². The number of benzene rings is 1. The SMILES string of the molecule is O=C(O)C1=C(CBr)c2ccccc2C1. The van der Waals surface area contributed by atoms with Crippen molar-refractivity contribution < 1.29 is 9.90 Å². The van der Waals surface area contributed by atoms with E-state index >= 15 is 0 Å². The molecular weight excluding hydrogens is 244 g/mol. The molecule has 0 amide bonds. The van der Waals surface area contributed by atoms with Gasteiger partial charge in [0, 0.05) is 17.3 Å². The van der Waals surface area contributed by atoms with Crippen LogP contribution in [-0.4, -0.2) is 16.4 Å². The van der Waals surface area contributed by atoms with E-state index in [-0.39, 0.29) is 0 Å². The highest BCUT2D eigenvalue weighted by Crippen LogP contribution is 2.33. The summed E-state index contributed by atoms with van der Waals surface area (Å²) in [6.07, 6.45) is 0.548. The molecule has 14 heavy (non-hydrogen) atoms. The van der Waals surface area contributed by atoms with Gasteiger partial charge in [0.25, 0.3) is 0 Å². The first-order valence-corrected chi connectivity index (χ1v) is 5.45. The molecule has 0 atom stereocenters. The highest BCUT2D eigenvalue weighted by Gasteiger charge is 2.24. The highest BCUT2D eigenvalue weighted by molar-refractivity contribution is 9.09. The molecule has 1 aliphatic rings. The predicted molar refractivity (Wildman–Crippen MR) is 58.5 cm³/mol. The Kier molecular flexibility index (Phi) is 2.42. The van der Waals surface area contributed by atoms with E-state index < -0.39 is 5.97 Å². The van der Waals surface area contributed by atoms with Gasteiger partial charge in [-0.2, -0.15) is 0 Å². The molecule has 2 nitrogen and oxygen atoms in total. The molecule has 0 spiro atoms. The summed E-state index contributed by atoms with van der Waals surface area (Å²) >= 11 is 3.33. The lowest BCUT2D eigenvalue weighted by molar-refractivity contribution is -0.132. The van der Waals surface area contributed by atoms with Crippen molar-refractivity contribution in [1.29, 1.82) is 0 Å². The summed E-state index contributed by atoms with van der Waals surface area (Å²) in [6, 6.07) is 7.83. The summed E-state index contributed by atoms with van der Waals surface area (Å²) in [7, 11) is 0. The zero-order valence-corrected chi connectivity index (χ0v) is 9.04. The first-order valence-electron chi connectivity index (χ1n) is 4.33. The molecule has 0 heterocycles. The minimum absolute atomic E-state index is 0.517. The van der Waals surface area contributed by atoms with Crippen LogP contribution in [0.3, 0.4) is 0 Å². The Bertz CT molecular complexity index is 421. The standard InChI is InChI=1S/C11H9BrO2/c12-6-10-8-4-2-1-3-7(8)5-9(10)11(13)14/h1-4H,5-6H2,(H,13,14). The number of rotatable bonds is 2. The average Bonchev–Trinajstić information content (AvgIpc) is 2.56. The lowest BCUT2D eigenvalue weighted by Crippen LogP contribution is -2.01. The number of allylic oxidation sites excluding steroid dienone is 1. The second-order valence-corrected chi connectivity index (χ2v) is 3.79. The summed E-state index contributed by atoms with van der Waals surface area (Å²) in [5.74, 6) is -0.810. The normalized spacial score (nSPS) is 14.4. The fourth-order valence-corrected chi connectivity index (χ4v) is 2.43. The Morgan fingerprint density at radius 2 is 2.14 bits per heavy atom. The second kappa shape index (κ2) is 3.58. The second-order valence-electron chi connectivity index (χ2n) is 3.23. The number of aliphatic carboxylic acids is 1. The number of carboxylic acid groups (broad SMARTS) is 1. The Labute approximate surface area is 90.4 Å². The Hall–Kier alpha value is -1.09. The van der Waals surface area contributed by atoms with Crippen LogP contribution in [0.5, 0.6) is 0 Å². The largest absolute Gasteiger partial charge is 0.478 e. The third-order valence-electron chi connectivity index (χ3n) is 2.47. The van der Waals surface area contributed by atoms with E-state index in [1.54, 1.807) is 0 Å². The number of fused-ring (bicyclic) bond motifs is 1. The first-order chi connectivity index (χ1) is 6.74. The third kappa shape index (κ3) is 1.38. The zero-order valence-electron chi connectivity index (χ0n) is 7.46. The third-order valence-corrected chi connectivity index (χ3v) is 3.03. The molecule has 72 valence electrons. The molecule has 0 bridgehead atoms. The van der Waals surface area contributed by atoms with Gasteiger partial charge in [0.15, 0.2) is 0 Å². The summed E-state index contributed by atoms with van der Waals surface area (Å²) in [5, 5.41) is 9.61. The van der Waals surface area contributed by atoms with Crippen LogP contribution in [0.15, 0.2) is 29.8 Å². The number of carboxylic acids is 1. The molecule has 0 radical (unpaired) electrons. The first kappa shape index (κ1) is 9.46. The molecule has 1 aliphatic carbocycles.